The Balaban J connectivity index is 1.41. The van der Waals surface area contributed by atoms with Crippen LogP contribution in [0.3, 0.4) is 0 Å². The number of hydrogen-bond acceptors (Lipinski definition) is 6. The van der Waals surface area contributed by atoms with Crippen molar-refractivity contribution in [3.05, 3.63) is 87.0 Å². The van der Waals surface area contributed by atoms with Crippen LogP contribution in [0.4, 0.5) is 0 Å². The van der Waals surface area contributed by atoms with E-state index in [0.717, 1.165) is 41.6 Å². The zero-order valence-corrected chi connectivity index (χ0v) is 20.1. The fraction of sp³-hybridized carbons (Fsp3) is 0.231. The van der Waals surface area contributed by atoms with Gasteiger partial charge in [0.25, 0.3) is 5.56 Å². The van der Waals surface area contributed by atoms with Crippen LogP contribution >= 0.6 is 23.1 Å². The van der Waals surface area contributed by atoms with E-state index >= 15 is 0 Å². The number of amides is 2. The van der Waals surface area contributed by atoms with Gasteiger partial charge in [-0.2, -0.15) is 0 Å². The molecule has 2 heterocycles. The molecule has 172 valence electrons. The summed E-state index contributed by atoms with van der Waals surface area (Å²) < 4.78 is 1.59. The van der Waals surface area contributed by atoms with Crippen molar-refractivity contribution in [2.75, 3.05) is 5.75 Å². The largest absolute Gasteiger partial charge is 0.295 e. The molecule has 0 saturated carbocycles. The lowest BCUT2D eigenvalue weighted by Gasteiger charge is -2.13. The van der Waals surface area contributed by atoms with Gasteiger partial charge in [-0.25, -0.2) is 4.98 Å². The minimum atomic E-state index is -0.412. The predicted molar refractivity (Wildman–Crippen MR) is 136 cm³/mol. The Morgan fingerprint density at radius 1 is 0.971 bits per heavy atom. The molecule has 4 aromatic rings. The van der Waals surface area contributed by atoms with Crippen molar-refractivity contribution in [1.82, 2.24) is 14.9 Å². The van der Waals surface area contributed by atoms with Gasteiger partial charge in [0.05, 0.1) is 23.2 Å². The lowest BCUT2D eigenvalue weighted by atomic mass is 9.97. The lowest BCUT2D eigenvalue weighted by Crippen LogP contribution is -2.33. The monoisotopic (exact) mass is 489 g/mol. The molecule has 34 heavy (non-hydrogen) atoms. The van der Waals surface area contributed by atoms with Crippen molar-refractivity contribution in [2.24, 2.45) is 0 Å². The Morgan fingerprint density at radius 3 is 2.44 bits per heavy atom. The average molecular weight is 490 g/mol. The molecule has 2 aromatic carbocycles. The average Bonchev–Trinajstić information content (AvgIpc) is 3.22. The number of fused-ring (bicyclic) bond motifs is 3. The van der Waals surface area contributed by atoms with Crippen molar-refractivity contribution in [1.29, 1.82) is 0 Å². The Bertz CT molecular complexity index is 1410. The van der Waals surface area contributed by atoms with Gasteiger partial charge in [0.2, 0.25) is 11.8 Å². The van der Waals surface area contributed by atoms with Crippen LogP contribution in [-0.4, -0.2) is 27.1 Å². The summed E-state index contributed by atoms with van der Waals surface area (Å²) in [5.74, 6) is -0.784. The van der Waals surface area contributed by atoms with Gasteiger partial charge in [0.15, 0.2) is 5.16 Å². The number of carbonyl (C=O) groups is 2. The van der Waals surface area contributed by atoms with Crippen LogP contribution in [0.1, 0.15) is 28.8 Å². The maximum Gasteiger partial charge on any atom is 0.267 e. The molecule has 0 bridgehead atoms. The summed E-state index contributed by atoms with van der Waals surface area (Å²) in [7, 11) is 0. The van der Waals surface area contributed by atoms with Crippen molar-refractivity contribution >= 4 is 45.1 Å². The number of thiophene rings is 1. The highest BCUT2D eigenvalue weighted by Crippen LogP contribution is 2.35. The third-order valence-corrected chi connectivity index (χ3v) is 7.92. The molecule has 1 N–H and O–H groups in total. The quantitative estimate of drug-likeness (QED) is 0.323. The van der Waals surface area contributed by atoms with Crippen LogP contribution < -0.4 is 10.9 Å². The van der Waals surface area contributed by atoms with Gasteiger partial charge >= 0.3 is 0 Å². The number of benzene rings is 2. The number of hydrogen-bond donors (Lipinski definition) is 1. The summed E-state index contributed by atoms with van der Waals surface area (Å²) in [6, 6.07) is 18.6. The third-order valence-electron chi connectivity index (χ3n) is 5.79. The van der Waals surface area contributed by atoms with Crippen LogP contribution in [0.15, 0.2) is 70.6 Å². The Morgan fingerprint density at radius 2 is 1.68 bits per heavy atom. The number of nitrogens with one attached hydrogen (secondary N) is 1. The lowest BCUT2D eigenvalue weighted by molar-refractivity contribution is -0.128. The first kappa shape index (κ1) is 22.6. The molecule has 0 saturated heterocycles. The zero-order chi connectivity index (χ0) is 23.5. The van der Waals surface area contributed by atoms with E-state index in [1.54, 1.807) is 15.9 Å². The number of rotatable bonds is 6. The van der Waals surface area contributed by atoms with Crippen LogP contribution in [0.5, 0.6) is 0 Å². The molecule has 0 radical (unpaired) electrons. The first-order chi connectivity index (χ1) is 16.6. The van der Waals surface area contributed by atoms with E-state index in [1.165, 1.54) is 16.6 Å². The topological polar surface area (TPSA) is 81.1 Å². The molecule has 1 aliphatic rings. The molecule has 5 rings (SSSR count). The van der Waals surface area contributed by atoms with E-state index in [9.17, 15) is 14.4 Å². The second kappa shape index (κ2) is 9.95. The maximum absolute atomic E-state index is 13.7. The number of nitrogens with zero attached hydrogens (tertiary/aromatic N) is 2. The van der Waals surface area contributed by atoms with Crippen LogP contribution in [0.25, 0.3) is 15.9 Å². The van der Waals surface area contributed by atoms with Crippen molar-refractivity contribution in [2.45, 2.75) is 37.3 Å². The standard InChI is InChI=1S/C26H23N3O3S2/c30-21(15-17-9-3-1-4-10-17)27-22(31)16-33-26-28-24-23(19-13-7-8-14-20(19)34-24)25(32)29(26)18-11-5-2-6-12-18/h1-6,9-12H,7-8,13-16H2,(H,27,30,31). The summed E-state index contributed by atoms with van der Waals surface area (Å²) >= 11 is 2.75. The molecule has 0 fully saturated rings. The van der Waals surface area contributed by atoms with Gasteiger partial charge in [-0.1, -0.05) is 60.3 Å². The van der Waals surface area contributed by atoms with Crippen molar-refractivity contribution in [3.63, 3.8) is 0 Å². The highest BCUT2D eigenvalue weighted by Gasteiger charge is 2.23. The number of carbonyl (C=O) groups excluding carboxylic acids is 2. The number of aryl methyl sites for hydroxylation is 2. The molecule has 2 aromatic heterocycles. The van der Waals surface area contributed by atoms with E-state index in [-0.39, 0.29) is 23.6 Å². The normalized spacial score (nSPS) is 12.9. The first-order valence-corrected chi connectivity index (χ1v) is 13.0. The highest BCUT2D eigenvalue weighted by atomic mass is 32.2. The van der Waals surface area contributed by atoms with E-state index in [4.69, 9.17) is 4.98 Å². The maximum atomic E-state index is 13.7. The van der Waals surface area contributed by atoms with E-state index in [0.29, 0.717) is 16.2 Å². The minimum absolute atomic E-state index is 0.0175. The number of aromatic nitrogens is 2. The molecule has 6 nitrogen and oxygen atoms in total. The summed E-state index contributed by atoms with van der Waals surface area (Å²) in [6.07, 6.45) is 4.23. The van der Waals surface area contributed by atoms with Crippen molar-refractivity contribution in [3.8, 4) is 5.69 Å². The Labute approximate surface area is 205 Å². The predicted octanol–water partition coefficient (Wildman–Crippen LogP) is 4.30. The second-order valence-corrected chi connectivity index (χ2v) is 10.2. The third kappa shape index (κ3) is 4.69. The van der Waals surface area contributed by atoms with Gasteiger partial charge in [0, 0.05) is 4.88 Å². The van der Waals surface area contributed by atoms with Crippen LogP contribution in [0.2, 0.25) is 0 Å². The molecular formula is C26H23N3O3S2. The molecule has 0 aliphatic heterocycles. The summed E-state index contributed by atoms with van der Waals surface area (Å²) in [5.41, 5.74) is 2.58. The van der Waals surface area contributed by atoms with Crippen LogP contribution in [-0.2, 0) is 28.9 Å². The molecule has 8 heteroatoms. The number of para-hydroxylation sites is 1. The summed E-state index contributed by atoms with van der Waals surface area (Å²) in [4.78, 5) is 45.2. The molecular weight excluding hydrogens is 466 g/mol. The molecule has 2 amide bonds. The van der Waals surface area contributed by atoms with Gasteiger partial charge in [-0.05, 0) is 48.9 Å². The van der Waals surface area contributed by atoms with Crippen LogP contribution in [0, 0.1) is 0 Å². The molecule has 0 spiro atoms. The van der Waals surface area contributed by atoms with E-state index < -0.39 is 5.91 Å². The number of thioether (sulfide) groups is 1. The van der Waals surface area contributed by atoms with Gasteiger partial charge in [-0.15, -0.1) is 11.3 Å². The van der Waals surface area contributed by atoms with Crippen molar-refractivity contribution < 1.29 is 9.59 Å². The van der Waals surface area contributed by atoms with Gasteiger partial charge < -0.3 is 0 Å². The molecule has 0 atom stereocenters. The Kier molecular flexibility index (Phi) is 6.60. The second-order valence-electron chi connectivity index (χ2n) is 8.18. The fourth-order valence-electron chi connectivity index (χ4n) is 4.24. The minimum Gasteiger partial charge on any atom is -0.295 e. The summed E-state index contributed by atoms with van der Waals surface area (Å²) in [5, 5.41) is 3.59. The van der Waals surface area contributed by atoms with Gasteiger partial charge in [-0.3, -0.25) is 24.3 Å². The fourth-order valence-corrected chi connectivity index (χ4v) is 6.35. The molecule has 0 unspecified atom stereocenters. The zero-order valence-electron chi connectivity index (χ0n) is 18.5. The molecule has 1 aliphatic carbocycles. The first-order valence-electron chi connectivity index (χ1n) is 11.2. The SMILES string of the molecule is O=C(CSc1nc2sc3c(c2c(=O)n1-c1ccccc1)CCCC3)NC(=O)Cc1ccccc1. The van der Waals surface area contributed by atoms with E-state index in [1.807, 2.05) is 60.7 Å². The van der Waals surface area contributed by atoms with Gasteiger partial charge in [0.1, 0.15) is 4.83 Å². The van der Waals surface area contributed by atoms with E-state index in [2.05, 4.69) is 5.32 Å². The smallest absolute Gasteiger partial charge is 0.267 e. The summed E-state index contributed by atoms with van der Waals surface area (Å²) in [6.45, 7) is 0. The number of imide groups is 1. The highest BCUT2D eigenvalue weighted by molar-refractivity contribution is 7.99. The Hall–Kier alpha value is -3.23.